The molecule has 0 unspecified atom stereocenters. The van der Waals surface area contributed by atoms with Crippen LogP contribution in [0, 0.1) is 27.7 Å². The molecule has 5 rings (SSSR count). The minimum atomic E-state index is 0.410. The standard InChI is InChI=1S/C37H40N2/c1-22(2)31-15-9-24(5)17-33-26(7)19-29(36(31)33)21-28-11-13-30(14-12-28)38-39-35-20-27(8)34-18-25(6)10-16-32(23(3)4)37(34)35/h9-20,22-23H,21H2,1-8H3. The molecular weight excluding hydrogens is 472 g/mol. The monoisotopic (exact) mass is 512 g/mol. The highest BCUT2D eigenvalue weighted by Crippen LogP contribution is 2.43. The smallest absolute Gasteiger partial charge is 0.0941 e. The van der Waals surface area contributed by atoms with Crippen LogP contribution in [0.1, 0.15) is 84.0 Å². The fraction of sp³-hybridized carbons (Fsp3) is 0.297. The number of benzene rings is 1. The van der Waals surface area contributed by atoms with Gasteiger partial charge in [0.15, 0.2) is 0 Å². The number of azo groups is 1. The summed E-state index contributed by atoms with van der Waals surface area (Å²) in [6.45, 7) is 17.8. The molecule has 0 fully saturated rings. The molecule has 2 heteroatoms. The van der Waals surface area contributed by atoms with Crippen molar-refractivity contribution in [2.45, 2.75) is 73.6 Å². The molecule has 4 aliphatic carbocycles. The summed E-state index contributed by atoms with van der Waals surface area (Å²) in [5, 5.41) is 9.42. The molecule has 0 radical (unpaired) electrons. The van der Waals surface area contributed by atoms with Crippen molar-refractivity contribution < 1.29 is 0 Å². The highest BCUT2D eigenvalue weighted by Gasteiger charge is 2.20. The zero-order valence-corrected chi connectivity index (χ0v) is 24.7. The van der Waals surface area contributed by atoms with Crippen LogP contribution in [0.2, 0.25) is 0 Å². The van der Waals surface area contributed by atoms with E-state index < -0.39 is 0 Å². The van der Waals surface area contributed by atoms with Crippen molar-refractivity contribution in [1.29, 1.82) is 0 Å². The van der Waals surface area contributed by atoms with E-state index in [1.165, 1.54) is 66.8 Å². The van der Waals surface area contributed by atoms with Crippen molar-refractivity contribution in [2.75, 3.05) is 0 Å². The van der Waals surface area contributed by atoms with Gasteiger partial charge in [-0.15, -0.1) is 5.11 Å². The van der Waals surface area contributed by atoms with Crippen molar-refractivity contribution in [2.24, 2.45) is 10.2 Å². The van der Waals surface area contributed by atoms with Crippen molar-refractivity contribution in [3.05, 3.63) is 117 Å². The van der Waals surface area contributed by atoms with Gasteiger partial charge in [0.05, 0.1) is 11.4 Å². The van der Waals surface area contributed by atoms with Crippen molar-refractivity contribution in [1.82, 2.24) is 0 Å². The molecule has 0 atom stereocenters. The molecule has 1 aromatic rings. The zero-order chi connectivity index (χ0) is 27.8. The van der Waals surface area contributed by atoms with Crippen LogP contribution in [0.5, 0.6) is 0 Å². The highest BCUT2D eigenvalue weighted by molar-refractivity contribution is 5.86. The Hall–Kier alpha value is -3.78. The van der Waals surface area contributed by atoms with E-state index in [-0.39, 0.29) is 0 Å². The average Bonchev–Trinajstić information content (AvgIpc) is 3.16. The quantitative estimate of drug-likeness (QED) is 0.202. The van der Waals surface area contributed by atoms with E-state index in [9.17, 15) is 0 Å². The molecule has 4 aliphatic rings. The maximum absolute atomic E-state index is 4.76. The summed E-state index contributed by atoms with van der Waals surface area (Å²) < 4.78 is 0. The van der Waals surface area contributed by atoms with E-state index in [1.54, 1.807) is 0 Å². The Morgan fingerprint density at radius 1 is 0.564 bits per heavy atom. The molecule has 39 heavy (non-hydrogen) atoms. The summed E-state index contributed by atoms with van der Waals surface area (Å²) in [6, 6.07) is 26.8. The number of hydrogen-bond donors (Lipinski definition) is 0. The maximum atomic E-state index is 4.76. The molecule has 198 valence electrons. The number of aryl methyl sites for hydroxylation is 4. The molecule has 2 nitrogen and oxygen atoms in total. The Labute approximate surface area is 234 Å². The molecule has 0 aromatic heterocycles. The lowest BCUT2D eigenvalue weighted by Crippen LogP contribution is -1.93. The minimum absolute atomic E-state index is 0.410. The van der Waals surface area contributed by atoms with Crippen LogP contribution in [-0.4, -0.2) is 0 Å². The molecule has 0 amide bonds. The molecule has 1 aromatic carbocycles. The predicted octanol–water partition coefficient (Wildman–Crippen LogP) is 11.4. The van der Waals surface area contributed by atoms with Gasteiger partial charge in [-0.25, -0.2) is 0 Å². The molecule has 0 saturated heterocycles. The fourth-order valence-corrected chi connectivity index (χ4v) is 5.84. The van der Waals surface area contributed by atoms with Gasteiger partial charge >= 0.3 is 0 Å². The van der Waals surface area contributed by atoms with Gasteiger partial charge < -0.3 is 0 Å². The van der Waals surface area contributed by atoms with Crippen LogP contribution in [0.3, 0.4) is 0 Å². The van der Waals surface area contributed by atoms with Crippen LogP contribution in [-0.2, 0) is 6.42 Å². The van der Waals surface area contributed by atoms with Crippen LogP contribution < -0.4 is 0 Å². The van der Waals surface area contributed by atoms with Crippen LogP contribution in [0.15, 0.2) is 83.0 Å². The molecule has 0 heterocycles. The number of nitrogens with zero attached hydrogens (tertiary/aromatic N) is 2. The third-order valence-corrected chi connectivity index (χ3v) is 7.93. The average molecular weight is 513 g/mol. The molecule has 0 spiro atoms. The molecule has 0 N–H and O–H groups in total. The SMILES string of the molecule is Cc1ccc(C(C)C)c2c(Cc3ccc(N=Nc4cc(C)c5cc(C)ccc(C(C)C)c4-5)cc3)cc(C)c-2c1. The van der Waals surface area contributed by atoms with Crippen molar-refractivity contribution in [3.8, 4) is 22.3 Å². The summed E-state index contributed by atoms with van der Waals surface area (Å²) in [7, 11) is 0. The summed E-state index contributed by atoms with van der Waals surface area (Å²) in [4.78, 5) is 0. The van der Waals surface area contributed by atoms with Crippen molar-refractivity contribution >= 4 is 11.4 Å². The second-order valence-electron chi connectivity index (χ2n) is 11.8. The van der Waals surface area contributed by atoms with E-state index in [0.717, 1.165) is 17.8 Å². The Balaban J connectivity index is 1.44. The molecule has 0 saturated carbocycles. The topological polar surface area (TPSA) is 24.7 Å². The largest absolute Gasteiger partial charge is 0.151 e. The lowest BCUT2D eigenvalue weighted by molar-refractivity contribution is 0.869. The van der Waals surface area contributed by atoms with Gasteiger partial charge in [-0.05, 0) is 114 Å². The molecular formula is C37H40N2. The Morgan fingerprint density at radius 2 is 1.10 bits per heavy atom. The predicted molar refractivity (Wildman–Crippen MR) is 167 cm³/mol. The Kier molecular flexibility index (Phi) is 7.40. The van der Waals surface area contributed by atoms with E-state index in [1.807, 2.05) is 0 Å². The third kappa shape index (κ3) is 5.39. The first kappa shape index (κ1) is 26.8. The Bertz CT molecular complexity index is 1600. The van der Waals surface area contributed by atoms with Crippen LogP contribution in [0.25, 0.3) is 22.3 Å². The first-order valence-electron chi connectivity index (χ1n) is 14.2. The summed E-state index contributed by atoms with van der Waals surface area (Å²) in [6.07, 6.45) is 0.908. The minimum Gasteiger partial charge on any atom is -0.151 e. The van der Waals surface area contributed by atoms with Crippen LogP contribution >= 0.6 is 0 Å². The summed E-state index contributed by atoms with van der Waals surface area (Å²) in [5.74, 6) is 0.883. The van der Waals surface area contributed by atoms with Crippen LogP contribution in [0.4, 0.5) is 11.4 Å². The van der Waals surface area contributed by atoms with Gasteiger partial charge in [-0.2, -0.15) is 5.11 Å². The van der Waals surface area contributed by atoms with Gasteiger partial charge in [0.25, 0.3) is 0 Å². The van der Waals surface area contributed by atoms with Gasteiger partial charge in [-0.3, -0.25) is 0 Å². The second kappa shape index (κ2) is 10.8. The van der Waals surface area contributed by atoms with E-state index in [4.69, 9.17) is 5.11 Å². The third-order valence-electron chi connectivity index (χ3n) is 7.93. The summed E-state index contributed by atoms with van der Waals surface area (Å²) in [5.41, 5.74) is 17.7. The molecule has 0 bridgehead atoms. The summed E-state index contributed by atoms with van der Waals surface area (Å²) >= 11 is 0. The first-order chi connectivity index (χ1) is 18.6. The van der Waals surface area contributed by atoms with Gasteiger partial charge in [0, 0.05) is 5.56 Å². The first-order valence-corrected chi connectivity index (χ1v) is 14.2. The zero-order valence-electron chi connectivity index (χ0n) is 24.7. The van der Waals surface area contributed by atoms with E-state index in [2.05, 4.69) is 133 Å². The highest BCUT2D eigenvalue weighted by atomic mass is 15.1. The van der Waals surface area contributed by atoms with Gasteiger partial charge in [0.1, 0.15) is 0 Å². The number of hydrogen-bond acceptors (Lipinski definition) is 2. The maximum Gasteiger partial charge on any atom is 0.0941 e. The number of fused-ring (bicyclic) bond motifs is 2. The van der Waals surface area contributed by atoms with Crippen molar-refractivity contribution in [3.63, 3.8) is 0 Å². The second-order valence-corrected chi connectivity index (χ2v) is 11.8. The van der Waals surface area contributed by atoms with Gasteiger partial charge in [-0.1, -0.05) is 93.4 Å². The van der Waals surface area contributed by atoms with E-state index in [0.29, 0.717) is 11.8 Å². The van der Waals surface area contributed by atoms with Gasteiger partial charge in [0.2, 0.25) is 0 Å². The lowest BCUT2D eigenvalue weighted by Gasteiger charge is -2.12. The fourth-order valence-electron chi connectivity index (χ4n) is 5.84. The molecule has 0 aliphatic heterocycles. The Morgan fingerprint density at radius 3 is 1.69 bits per heavy atom. The lowest BCUT2D eigenvalue weighted by atomic mass is 9.92. The normalized spacial score (nSPS) is 12.1. The van der Waals surface area contributed by atoms with E-state index >= 15 is 0 Å². The number of rotatable bonds is 6.